The average Bonchev–Trinajstić information content (AvgIpc) is 3.46. The number of anilines is 1. The Morgan fingerprint density at radius 1 is 0.587 bits per heavy atom. The summed E-state index contributed by atoms with van der Waals surface area (Å²) in [6, 6.07) is 43.7. The molecule has 0 aliphatic carbocycles. The van der Waals surface area contributed by atoms with Crippen molar-refractivity contribution in [2.24, 2.45) is 4.99 Å². The minimum atomic E-state index is 0.715. The highest BCUT2D eigenvalue weighted by molar-refractivity contribution is 7.26. The molecule has 8 rings (SSSR count). The minimum Gasteiger partial charge on any atom is -0.396 e. The van der Waals surface area contributed by atoms with Gasteiger partial charge in [-0.2, -0.15) is 0 Å². The Hall–Kier alpha value is -5.25. The molecule has 3 heteroatoms. The smallest absolute Gasteiger partial charge is 0.0939 e. The molecular formula is C43H34N2S. The molecule has 0 aliphatic heterocycles. The number of nitrogens with zero attached hydrogens (tertiary/aromatic N) is 1. The first-order valence-electron chi connectivity index (χ1n) is 15.8. The summed E-state index contributed by atoms with van der Waals surface area (Å²) >= 11 is 1.91. The zero-order valence-electron chi connectivity index (χ0n) is 26.3. The van der Waals surface area contributed by atoms with E-state index in [1.54, 1.807) is 0 Å². The molecule has 0 spiro atoms. The maximum absolute atomic E-state index is 6.71. The second-order valence-corrected chi connectivity index (χ2v) is 13.3. The quantitative estimate of drug-likeness (QED) is 0.117. The van der Waals surface area contributed by atoms with Gasteiger partial charge in [-0.25, -0.2) is 0 Å². The van der Waals surface area contributed by atoms with Crippen molar-refractivity contribution < 1.29 is 0 Å². The lowest BCUT2D eigenvalue weighted by Gasteiger charge is -2.12. The van der Waals surface area contributed by atoms with Crippen molar-refractivity contribution in [3.63, 3.8) is 0 Å². The van der Waals surface area contributed by atoms with E-state index in [2.05, 4.69) is 136 Å². The van der Waals surface area contributed by atoms with Gasteiger partial charge < -0.3 is 5.73 Å². The van der Waals surface area contributed by atoms with Crippen LogP contribution in [0.2, 0.25) is 0 Å². The van der Waals surface area contributed by atoms with Gasteiger partial charge in [0.15, 0.2) is 0 Å². The van der Waals surface area contributed by atoms with Crippen molar-refractivity contribution in [2.75, 3.05) is 5.73 Å². The molecule has 1 aromatic heterocycles. The highest BCUT2D eigenvalue weighted by atomic mass is 32.1. The molecule has 46 heavy (non-hydrogen) atoms. The summed E-state index contributed by atoms with van der Waals surface area (Å²) in [5.74, 6) is 0. The van der Waals surface area contributed by atoms with Crippen molar-refractivity contribution in [3.8, 4) is 22.3 Å². The van der Waals surface area contributed by atoms with Crippen LogP contribution in [0.25, 0.3) is 64.0 Å². The molecule has 0 radical (unpaired) electrons. The predicted octanol–water partition coefficient (Wildman–Crippen LogP) is 12.1. The Morgan fingerprint density at radius 3 is 1.87 bits per heavy atom. The first-order chi connectivity index (χ1) is 22.5. The number of nitrogen functional groups attached to an aromatic ring is 1. The monoisotopic (exact) mass is 610 g/mol. The number of hydrogen-bond acceptors (Lipinski definition) is 3. The molecule has 0 atom stereocenters. The summed E-state index contributed by atoms with van der Waals surface area (Å²) < 4.78 is 2.68. The van der Waals surface area contributed by atoms with Crippen LogP contribution < -0.4 is 5.73 Å². The van der Waals surface area contributed by atoms with E-state index in [1.807, 2.05) is 23.6 Å². The zero-order valence-corrected chi connectivity index (χ0v) is 27.1. The van der Waals surface area contributed by atoms with E-state index >= 15 is 0 Å². The number of aliphatic imine (C=N–C) groups is 1. The largest absolute Gasteiger partial charge is 0.396 e. The van der Waals surface area contributed by atoms with Crippen LogP contribution in [-0.4, -0.2) is 6.21 Å². The van der Waals surface area contributed by atoms with E-state index < -0.39 is 0 Å². The maximum Gasteiger partial charge on any atom is 0.0939 e. The van der Waals surface area contributed by atoms with Crippen LogP contribution in [0, 0.1) is 20.8 Å². The van der Waals surface area contributed by atoms with E-state index in [9.17, 15) is 0 Å². The van der Waals surface area contributed by atoms with Gasteiger partial charge in [-0.3, -0.25) is 4.99 Å². The Bertz CT molecular complexity index is 2480. The lowest BCUT2D eigenvalue weighted by Crippen LogP contribution is -1.92. The number of thiophene rings is 1. The molecule has 7 aromatic carbocycles. The molecule has 0 bridgehead atoms. The second kappa shape index (κ2) is 11.3. The summed E-state index contributed by atoms with van der Waals surface area (Å²) in [6.45, 7) is 6.65. The topological polar surface area (TPSA) is 38.4 Å². The molecule has 0 amide bonds. The number of nitrogens with two attached hydrogens (primary N) is 1. The van der Waals surface area contributed by atoms with Crippen molar-refractivity contribution in [3.05, 3.63) is 144 Å². The van der Waals surface area contributed by atoms with Gasteiger partial charge in [0.1, 0.15) is 0 Å². The maximum atomic E-state index is 6.71. The van der Waals surface area contributed by atoms with Crippen LogP contribution in [0.5, 0.6) is 0 Å². The van der Waals surface area contributed by atoms with E-state index in [4.69, 9.17) is 10.7 Å². The van der Waals surface area contributed by atoms with Gasteiger partial charge in [0.05, 0.1) is 11.4 Å². The molecule has 2 N–H and O–H groups in total. The van der Waals surface area contributed by atoms with E-state index in [1.165, 1.54) is 70.1 Å². The van der Waals surface area contributed by atoms with Gasteiger partial charge in [-0.15, -0.1) is 11.3 Å². The fourth-order valence-electron chi connectivity index (χ4n) is 7.25. The molecular weight excluding hydrogens is 577 g/mol. The Morgan fingerprint density at radius 2 is 1.15 bits per heavy atom. The molecule has 0 saturated heterocycles. The minimum absolute atomic E-state index is 0.715. The third kappa shape index (κ3) is 4.67. The number of hydrogen-bond donors (Lipinski definition) is 1. The summed E-state index contributed by atoms with van der Waals surface area (Å²) in [5.41, 5.74) is 18.6. The van der Waals surface area contributed by atoms with Crippen molar-refractivity contribution in [1.82, 2.24) is 0 Å². The molecule has 0 unspecified atom stereocenters. The summed E-state index contributed by atoms with van der Waals surface area (Å²) in [4.78, 5) is 4.97. The van der Waals surface area contributed by atoms with Crippen LogP contribution in [0.1, 0.15) is 22.3 Å². The van der Waals surface area contributed by atoms with Crippen LogP contribution in [0.15, 0.2) is 126 Å². The number of benzene rings is 7. The molecule has 222 valence electrons. The number of aryl methyl sites for hydroxylation is 3. The van der Waals surface area contributed by atoms with E-state index in [-0.39, 0.29) is 0 Å². The van der Waals surface area contributed by atoms with Crippen molar-refractivity contribution in [1.29, 1.82) is 0 Å². The average molecular weight is 611 g/mol. The molecule has 1 heterocycles. The molecule has 8 aromatic rings. The van der Waals surface area contributed by atoms with Gasteiger partial charge in [-0.1, -0.05) is 127 Å². The lowest BCUT2D eigenvalue weighted by molar-refractivity contribution is 1.32. The van der Waals surface area contributed by atoms with E-state index in [0.717, 1.165) is 27.5 Å². The summed E-state index contributed by atoms with van der Waals surface area (Å²) in [7, 11) is 0. The van der Waals surface area contributed by atoms with Gasteiger partial charge >= 0.3 is 0 Å². The highest BCUT2D eigenvalue weighted by Crippen LogP contribution is 2.45. The van der Waals surface area contributed by atoms with Crippen molar-refractivity contribution in [2.45, 2.75) is 27.2 Å². The fourth-order valence-corrected chi connectivity index (χ4v) is 8.60. The summed E-state index contributed by atoms with van der Waals surface area (Å²) in [6.07, 6.45) is 2.72. The normalized spacial score (nSPS) is 11.9. The van der Waals surface area contributed by atoms with Gasteiger partial charge in [0, 0.05) is 49.1 Å². The van der Waals surface area contributed by atoms with Gasteiger partial charge in [-0.05, 0) is 64.9 Å². The SMILES string of the molecule is Cc1cc(C)c(-c2cccc3c2sc2c(-c4cccc(CC=Nc5c(N)c6ccccc6c6ccccc56)c4)cccc23)c(C)c1. The Balaban J connectivity index is 1.18. The predicted molar refractivity (Wildman–Crippen MR) is 202 cm³/mol. The molecule has 0 fully saturated rings. The van der Waals surface area contributed by atoms with Crippen LogP contribution >= 0.6 is 11.3 Å². The van der Waals surface area contributed by atoms with Crippen molar-refractivity contribution >= 4 is 70.6 Å². The lowest BCUT2D eigenvalue weighted by atomic mass is 9.93. The van der Waals surface area contributed by atoms with Crippen LogP contribution in [0.3, 0.4) is 0 Å². The first-order valence-corrected chi connectivity index (χ1v) is 16.6. The van der Waals surface area contributed by atoms with E-state index in [0.29, 0.717) is 6.42 Å². The number of rotatable bonds is 5. The third-order valence-electron chi connectivity index (χ3n) is 9.20. The number of fused-ring (bicyclic) bond motifs is 6. The standard InChI is InChI=1S/C43H34N2S/c1-26-23-27(2)39(28(3)24-26)38-20-10-19-37-36-18-9-17-31(42(36)46-43(37)38)30-12-8-11-29(25-30)21-22-45-41-35-16-7-5-14-33(35)32-13-4-6-15-34(32)40(41)44/h4-20,22-25H,21,44H2,1-3H3. The van der Waals surface area contributed by atoms with Gasteiger partial charge in [0.25, 0.3) is 0 Å². The highest BCUT2D eigenvalue weighted by Gasteiger charge is 2.16. The Kier molecular flexibility index (Phi) is 6.92. The van der Waals surface area contributed by atoms with Crippen LogP contribution in [0.4, 0.5) is 11.4 Å². The molecule has 0 saturated carbocycles. The van der Waals surface area contributed by atoms with Crippen LogP contribution in [-0.2, 0) is 6.42 Å². The zero-order chi connectivity index (χ0) is 31.4. The third-order valence-corrected chi connectivity index (χ3v) is 10.5. The molecule has 2 nitrogen and oxygen atoms in total. The summed E-state index contributed by atoms with van der Waals surface area (Å²) in [5, 5.41) is 7.09. The first kappa shape index (κ1) is 28.2. The second-order valence-electron chi connectivity index (χ2n) is 12.3. The molecule has 0 aliphatic rings. The van der Waals surface area contributed by atoms with Gasteiger partial charge in [0.2, 0.25) is 0 Å². The Labute approximate surface area is 273 Å². The fraction of sp³-hybridized carbons (Fsp3) is 0.0930.